The number of benzene rings is 1. The van der Waals surface area contributed by atoms with Gasteiger partial charge in [-0.1, -0.05) is 30.7 Å². The highest BCUT2D eigenvalue weighted by Crippen LogP contribution is 2.21. The first kappa shape index (κ1) is 14.2. The molecule has 0 radical (unpaired) electrons. The van der Waals surface area contributed by atoms with Crippen LogP contribution in [0.15, 0.2) is 33.5 Å². The van der Waals surface area contributed by atoms with Gasteiger partial charge in [0.25, 0.3) is 5.56 Å². The zero-order chi connectivity index (χ0) is 14.0. The Morgan fingerprint density at radius 1 is 1.47 bits per heavy atom. The third kappa shape index (κ3) is 3.04. The summed E-state index contributed by atoms with van der Waals surface area (Å²) in [6.07, 6.45) is 0.572. The quantitative estimate of drug-likeness (QED) is 0.799. The van der Waals surface area contributed by atoms with E-state index in [-0.39, 0.29) is 23.1 Å². The van der Waals surface area contributed by atoms with E-state index in [4.69, 9.17) is 11.6 Å². The molecule has 0 saturated carbocycles. The number of nitrogens with zero attached hydrogens (tertiary/aromatic N) is 2. The molecule has 19 heavy (non-hydrogen) atoms. The third-order valence-corrected chi connectivity index (χ3v) is 3.81. The maximum Gasteiger partial charge on any atom is 0.255 e. The summed E-state index contributed by atoms with van der Waals surface area (Å²) in [5, 5.41) is 0.177. The maximum absolute atomic E-state index is 13.5. The SMILES string of the molecule is CCc1nc(Cl)cc(=O)n1Cc1cccc(F)c1Br. The molecule has 0 amide bonds. The van der Waals surface area contributed by atoms with Crippen LogP contribution < -0.4 is 5.56 Å². The summed E-state index contributed by atoms with van der Waals surface area (Å²) >= 11 is 8.95. The van der Waals surface area contributed by atoms with Gasteiger partial charge in [0.1, 0.15) is 16.8 Å². The summed E-state index contributed by atoms with van der Waals surface area (Å²) < 4.78 is 15.3. The highest BCUT2D eigenvalue weighted by Gasteiger charge is 2.10. The molecule has 6 heteroatoms. The number of aryl methyl sites for hydroxylation is 1. The van der Waals surface area contributed by atoms with Gasteiger partial charge in [0, 0.05) is 12.5 Å². The summed E-state index contributed by atoms with van der Waals surface area (Å²) in [5.74, 6) is 0.221. The second-order valence-corrected chi connectivity index (χ2v) is 5.17. The van der Waals surface area contributed by atoms with Crippen molar-refractivity contribution in [1.29, 1.82) is 0 Å². The van der Waals surface area contributed by atoms with Crippen LogP contribution in [0.3, 0.4) is 0 Å². The Morgan fingerprint density at radius 2 is 2.21 bits per heavy atom. The van der Waals surface area contributed by atoms with Gasteiger partial charge in [-0.3, -0.25) is 9.36 Å². The molecule has 0 aliphatic rings. The predicted molar refractivity (Wildman–Crippen MR) is 76.1 cm³/mol. The molecule has 0 aliphatic carbocycles. The molecule has 0 aliphatic heterocycles. The van der Waals surface area contributed by atoms with Crippen LogP contribution in [0.2, 0.25) is 5.15 Å². The normalized spacial score (nSPS) is 10.7. The summed E-state index contributed by atoms with van der Waals surface area (Å²) in [6.45, 7) is 2.14. The number of aromatic nitrogens is 2. The molecule has 100 valence electrons. The molecule has 1 aromatic heterocycles. The first-order valence-electron chi connectivity index (χ1n) is 5.72. The van der Waals surface area contributed by atoms with Gasteiger partial charge in [0.05, 0.1) is 11.0 Å². The van der Waals surface area contributed by atoms with E-state index in [1.54, 1.807) is 12.1 Å². The van der Waals surface area contributed by atoms with Gasteiger partial charge in [0.15, 0.2) is 0 Å². The van der Waals surface area contributed by atoms with E-state index in [0.29, 0.717) is 22.3 Å². The van der Waals surface area contributed by atoms with E-state index in [1.165, 1.54) is 16.7 Å². The average molecular weight is 346 g/mol. The van der Waals surface area contributed by atoms with E-state index >= 15 is 0 Å². The van der Waals surface area contributed by atoms with Crippen molar-refractivity contribution < 1.29 is 4.39 Å². The van der Waals surface area contributed by atoms with Gasteiger partial charge < -0.3 is 0 Å². The van der Waals surface area contributed by atoms with Crippen LogP contribution in [0.25, 0.3) is 0 Å². The van der Waals surface area contributed by atoms with Gasteiger partial charge in [-0.25, -0.2) is 9.37 Å². The molecule has 1 heterocycles. The van der Waals surface area contributed by atoms with E-state index in [2.05, 4.69) is 20.9 Å². The standard InChI is InChI=1S/C13H11BrClFN2O/c1-2-11-17-10(15)6-12(19)18(11)7-8-4-3-5-9(16)13(8)14/h3-6H,2,7H2,1H3. The zero-order valence-electron chi connectivity index (χ0n) is 10.2. The molecule has 2 rings (SSSR count). The second kappa shape index (κ2) is 5.84. The minimum atomic E-state index is -0.356. The molecule has 0 N–H and O–H groups in total. The Hall–Kier alpha value is -1.20. The molecule has 1 aromatic carbocycles. The molecule has 0 bridgehead atoms. The van der Waals surface area contributed by atoms with Crippen LogP contribution in [0.5, 0.6) is 0 Å². The van der Waals surface area contributed by atoms with Crippen molar-refractivity contribution in [3.63, 3.8) is 0 Å². The Balaban J connectivity index is 2.49. The maximum atomic E-state index is 13.5. The summed E-state index contributed by atoms with van der Waals surface area (Å²) in [4.78, 5) is 16.1. The monoisotopic (exact) mass is 344 g/mol. The molecule has 0 fully saturated rings. The third-order valence-electron chi connectivity index (χ3n) is 2.73. The van der Waals surface area contributed by atoms with Crippen molar-refractivity contribution in [2.45, 2.75) is 19.9 Å². The fourth-order valence-electron chi connectivity index (χ4n) is 1.80. The van der Waals surface area contributed by atoms with E-state index in [1.807, 2.05) is 6.92 Å². The molecule has 0 atom stereocenters. The number of hydrogen-bond acceptors (Lipinski definition) is 2. The summed E-state index contributed by atoms with van der Waals surface area (Å²) in [7, 11) is 0. The smallest absolute Gasteiger partial charge is 0.255 e. The molecular weight excluding hydrogens is 335 g/mol. The summed E-state index contributed by atoms with van der Waals surface area (Å²) in [5.41, 5.74) is 0.439. The Morgan fingerprint density at radius 3 is 2.89 bits per heavy atom. The lowest BCUT2D eigenvalue weighted by Crippen LogP contribution is -2.25. The Kier molecular flexibility index (Phi) is 4.37. The van der Waals surface area contributed by atoms with Crippen LogP contribution in [0, 0.1) is 5.82 Å². The zero-order valence-corrected chi connectivity index (χ0v) is 12.5. The van der Waals surface area contributed by atoms with Crippen LogP contribution in [-0.4, -0.2) is 9.55 Å². The average Bonchev–Trinajstić information content (AvgIpc) is 2.37. The fourth-order valence-corrected chi connectivity index (χ4v) is 2.38. The highest BCUT2D eigenvalue weighted by atomic mass is 79.9. The summed E-state index contributed by atoms with van der Waals surface area (Å²) in [6, 6.07) is 5.98. The van der Waals surface area contributed by atoms with Gasteiger partial charge in [-0.2, -0.15) is 0 Å². The van der Waals surface area contributed by atoms with E-state index in [0.717, 1.165) is 0 Å². The van der Waals surface area contributed by atoms with Crippen LogP contribution >= 0.6 is 27.5 Å². The van der Waals surface area contributed by atoms with E-state index in [9.17, 15) is 9.18 Å². The predicted octanol–water partition coefficient (Wildman–Crippen LogP) is 3.41. The number of halogens is 3. The van der Waals surface area contributed by atoms with Crippen molar-refractivity contribution >= 4 is 27.5 Å². The molecule has 2 aromatic rings. The Bertz CT molecular complexity index is 672. The number of rotatable bonds is 3. The van der Waals surface area contributed by atoms with Gasteiger partial charge in [-0.05, 0) is 27.6 Å². The minimum absolute atomic E-state index is 0.177. The first-order chi connectivity index (χ1) is 9.02. The molecular formula is C13H11BrClFN2O. The van der Waals surface area contributed by atoms with Crippen LogP contribution in [0.4, 0.5) is 4.39 Å². The molecule has 0 saturated heterocycles. The number of hydrogen-bond donors (Lipinski definition) is 0. The second-order valence-electron chi connectivity index (χ2n) is 3.99. The largest absolute Gasteiger partial charge is 0.292 e. The van der Waals surface area contributed by atoms with Gasteiger partial charge in [0.2, 0.25) is 0 Å². The lowest BCUT2D eigenvalue weighted by molar-refractivity contribution is 0.611. The highest BCUT2D eigenvalue weighted by molar-refractivity contribution is 9.10. The van der Waals surface area contributed by atoms with Gasteiger partial charge in [-0.15, -0.1) is 0 Å². The molecule has 0 spiro atoms. The van der Waals surface area contributed by atoms with Crippen molar-refractivity contribution in [3.05, 3.63) is 61.5 Å². The first-order valence-corrected chi connectivity index (χ1v) is 6.89. The van der Waals surface area contributed by atoms with E-state index < -0.39 is 0 Å². The van der Waals surface area contributed by atoms with Crippen LogP contribution in [-0.2, 0) is 13.0 Å². The van der Waals surface area contributed by atoms with Gasteiger partial charge >= 0.3 is 0 Å². The molecule has 0 unspecified atom stereocenters. The van der Waals surface area contributed by atoms with Crippen LogP contribution in [0.1, 0.15) is 18.3 Å². The van der Waals surface area contributed by atoms with Crippen molar-refractivity contribution in [2.24, 2.45) is 0 Å². The van der Waals surface area contributed by atoms with Crippen molar-refractivity contribution in [3.8, 4) is 0 Å². The Labute approximate surface area is 123 Å². The topological polar surface area (TPSA) is 34.9 Å². The van der Waals surface area contributed by atoms with Crippen molar-refractivity contribution in [1.82, 2.24) is 9.55 Å². The lowest BCUT2D eigenvalue weighted by atomic mass is 10.2. The fraction of sp³-hybridized carbons (Fsp3) is 0.231. The minimum Gasteiger partial charge on any atom is -0.292 e. The van der Waals surface area contributed by atoms with Crippen molar-refractivity contribution in [2.75, 3.05) is 0 Å². The lowest BCUT2D eigenvalue weighted by Gasteiger charge is -2.12. The molecule has 3 nitrogen and oxygen atoms in total.